The summed E-state index contributed by atoms with van der Waals surface area (Å²) in [5.74, 6) is 1.52. The van der Waals surface area contributed by atoms with Crippen LogP contribution in [-0.4, -0.2) is 39.1 Å². The van der Waals surface area contributed by atoms with Crippen LogP contribution in [0.4, 0.5) is 0 Å². The normalized spacial score (nSPS) is 17.1. The highest BCUT2D eigenvalue weighted by Gasteiger charge is 2.21. The Morgan fingerprint density at radius 1 is 1.13 bits per heavy atom. The lowest BCUT2D eigenvalue weighted by Gasteiger charge is -2.18. The molecule has 30 heavy (non-hydrogen) atoms. The number of aromatic nitrogens is 3. The summed E-state index contributed by atoms with van der Waals surface area (Å²) >= 11 is 0. The van der Waals surface area contributed by atoms with Crippen molar-refractivity contribution in [2.24, 2.45) is 0 Å². The third kappa shape index (κ3) is 3.71. The first-order valence-corrected chi connectivity index (χ1v) is 10.5. The topological polar surface area (TPSA) is 56.3 Å². The lowest BCUT2D eigenvalue weighted by molar-refractivity contribution is 0.257. The van der Waals surface area contributed by atoms with Crippen molar-refractivity contribution in [3.63, 3.8) is 0 Å². The average Bonchev–Trinajstić information content (AvgIpc) is 3.50. The molecule has 6 nitrogen and oxygen atoms in total. The molecule has 0 unspecified atom stereocenters. The van der Waals surface area contributed by atoms with Crippen LogP contribution in [0.25, 0.3) is 22.5 Å². The third-order valence-electron chi connectivity index (χ3n) is 5.99. The van der Waals surface area contributed by atoms with Gasteiger partial charge in [-0.1, -0.05) is 12.1 Å². The Morgan fingerprint density at radius 3 is 2.77 bits per heavy atom. The number of benzene rings is 2. The number of oxazole rings is 1. The van der Waals surface area contributed by atoms with Crippen molar-refractivity contribution in [1.82, 2.24) is 19.4 Å². The highest BCUT2D eigenvalue weighted by molar-refractivity contribution is 5.77. The second kappa shape index (κ2) is 7.95. The van der Waals surface area contributed by atoms with Crippen LogP contribution in [0.5, 0.6) is 5.75 Å². The maximum Gasteiger partial charge on any atom is 0.226 e. The molecule has 0 bridgehead atoms. The van der Waals surface area contributed by atoms with Crippen molar-refractivity contribution in [2.45, 2.75) is 38.9 Å². The molecule has 0 saturated carbocycles. The van der Waals surface area contributed by atoms with E-state index in [0.717, 1.165) is 47.7 Å². The molecule has 1 fully saturated rings. The zero-order chi connectivity index (χ0) is 20.5. The van der Waals surface area contributed by atoms with Crippen molar-refractivity contribution in [3.8, 4) is 17.2 Å². The summed E-state index contributed by atoms with van der Waals surface area (Å²) in [6, 6.07) is 14.9. The largest absolute Gasteiger partial charge is 0.497 e. The van der Waals surface area contributed by atoms with Crippen LogP contribution in [0.2, 0.25) is 0 Å². The molecule has 5 rings (SSSR count). The number of hydrogen-bond acceptors (Lipinski definition) is 5. The van der Waals surface area contributed by atoms with Gasteiger partial charge >= 0.3 is 0 Å². The Balaban J connectivity index is 1.30. The summed E-state index contributed by atoms with van der Waals surface area (Å²) in [4.78, 5) is 11.7. The minimum atomic E-state index is 0.628. The van der Waals surface area contributed by atoms with Crippen molar-refractivity contribution in [2.75, 3.05) is 13.7 Å². The van der Waals surface area contributed by atoms with Gasteiger partial charge in [0.25, 0.3) is 0 Å². The summed E-state index contributed by atoms with van der Waals surface area (Å²) in [6.07, 6.45) is 6.20. The smallest absolute Gasteiger partial charge is 0.226 e. The predicted octanol–water partition coefficient (Wildman–Crippen LogP) is 4.73. The van der Waals surface area contributed by atoms with E-state index in [4.69, 9.17) is 14.1 Å². The summed E-state index contributed by atoms with van der Waals surface area (Å²) < 4.78 is 13.2. The van der Waals surface area contributed by atoms with Crippen LogP contribution in [0.15, 0.2) is 59.5 Å². The number of hydrogen-bond donors (Lipinski definition) is 0. The van der Waals surface area contributed by atoms with Gasteiger partial charge in [-0.2, -0.15) is 0 Å². The first-order chi connectivity index (χ1) is 14.7. The highest BCUT2D eigenvalue weighted by atomic mass is 16.5. The molecular weight excluding hydrogens is 376 g/mol. The first-order valence-electron chi connectivity index (χ1n) is 10.5. The van der Waals surface area contributed by atoms with Crippen molar-refractivity contribution in [1.29, 1.82) is 0 Å². The fraction of sp³-hybridized carbons (Fsp3) is 0.333. The molecule has 1 aliphatic heterocycles. The van der Waals surface area contributed by atoms with E-state index in [2.05, 4.69) is 45.6 Å². The molecule has 1 atom stereocenters. The van der Waals surface area contributed by atoms with E-state index in [1.165, 1.54) is 18.4 Å². The van der Waals surface area contributed by atoms with Crippen LogP contribution < -0.4 is 4.74 Å². The van der Waals surface area contributed by atoms with E-state index < -0.39 is 0 Å². The molecule has 4 aromatic rings. The quantitative estimate of drug-likeness (QED) is 0.467. The molecule has 154 valence electrons. The van der Waals surface area contributed by atoms with Gasteiger partial charge < -0.3 is 13.7 Å². The van der Waals surface area contributed by atoms with E-state index >= 15 is 0 Å². The number of nitrogens with zero attached hydrogens (tertiary/aromatic N) is 4. The number of fused-ring (bicyclic) bond motifs is 1. The zero-order valence-electron chi connectivity index (χ0n) is 17.4. The predicted molar refractivity (Wildman–Crippen MR) is 116 cm³/mol. The maximum atomic E-state index is 5.76. The number of imidazole rings is 1. The number of likely N-dealkylation sites (tertiary alicyclic amines) is 1. The number of rotatable bonds is 6. The molecule has 1 saturated heterocycles. The summed E-state index contributed by atoms with van der Waals surface area (Å²) in [5, 5.41) is 0. The summed E-state index contributed by atoms with van der Waals surface area (Å²) in [6.45, 7) is 5.03. The van der Waals surface area contributed by atoms with E-state index in [1.807, 2.05) is 24.5 Å². The monoisotopic (exact) mass is 402 g/mol. The second-order valence-corrected chi connectivity index (χ2v) is 8.03. The molecule has 0 amide bonds. The molecule has 2 aromatic heterocycles. The van der Waals surface area contributed by atoms with Crippen molar-refractivity contribution < 1.29 is 9.15 Å². The fourth-order valence-electron chi connectivity index (χ4n) is 4.19. The fourth-order valence-corrected chi connectivity index (χ4v) is 4.19. The van der Waals surface area contributed by atoms with Crippen LogP contribution >= 0.6 is 0 Å². The Kier molecular flexibility index (Phi) is 5.01. The SMILES string of the molecule is COc1ccc2ncn(Cc3ccc(-c4nc(CN5CCC[C@H]5C)co4)cc3)c2c1. The number of methoxy groups -OCH3 is 1. The Bertz CT molecular complexity index is 1150. The van der Waals surface area contributed by atoms with Gasteiger partial charge in [0.15, 0.2) is 0 Å². The van der Waals surface area contributed by atoms with Gasteiger partial charge in [-0.05, 0) is 56.1 Å². The molecule has 0 N–H and O–H groups in total. The number of ether oxygens (including phenoxy) is 1. The Morgan fingerprint density at radius 2 is 2.00 bits per heavy atom. The van der Waals surface area contributed by atoms with E-state index in [9.17, 15) is 0 Å². The molecule has 3 heterocycles. The first kappa shape index (κ1) is 18.9. The van der Waals surface area contributed by atoms with E-state index in [1.54, 1.807) is 13.4 Å². The minimum absolute atomic E-state index is 0.628. The van der Waals surface area contributed by atoms with Gasteiger partial charge in [-0.3, -0.25) is 4.90 Å². The second-order valence-electron chi connectivity index (χ2n) is 8.03. The van der Waals surface area contributed by atoms with Gasteiger partial charge in [0.2, 0.25) is 5.89 Å². The lowest BCUT2D eigenvalue weighted by atomic mass is 10.1. The van der Waals surface area contributed by atoms with E-state index in [0.29, 0.717) is 11.9 Å². The standard InChI is InChI=1S/C24H26N4O2/c1-17-4-3-11-27(17)14-20-15-30-24(26-20)19-7-5-18(6-8-19)13-28-16-25-22-10-9-21(29-2)12-23(22)28/h5-10,12,15-17H,3-4,11,13-14H2,1-2H3/t17-/m1/s1. The molecular formula is C24H26N4O2. The Hall–Kier alpha value is -3.12. The van der Waals surface area contributed by atoms with Gasteiger partial charge in [0.1, 0.15) is 12.0 Å². The minimum Gasteiger partial charge on any atom is -0.497 e. The summed E-state index contributed by atoms with van der Waals surface area (Å²) in [7, 11) is 1.68. The average molecular weight is 402 g/mol. The molecule has 2 aromatic carbocycles. The lowest BCUT2D eigenvalue weighted by Crippen LogP contribution is -2.26. The van der Waals surface area contributed by atoms with Crippen LogP contribution in [0, 0.1) is 0 Å². The van der Waals surface area contributed by atoms with Crippen molar-refractivity contribution in [3.05, 3.63) is 66.3 Å². The third-order valence-corrected chi connectivity index (χ3v) is 5.99. The summed E-state index contributed by atoms with van der Waals surface area (Å²) in [5.41, 5.74) is 5.22. The van der Waals surface area contributed by atoms with Crippen LogP contribution in [-0.2, 0) is 13.1 Å². The highest BCUT2D eigenvalue weighted by Crippen LogP contribution is 2.24. The molecule has 1 aliphatic rings. The maximum absolute atomic E-state index is 5.76. The van der Waals surface area contributed by atoms with E-state index in [-0.39, 0.29) is 0 Å². The molecule has 6 heteroatoms. The molecule has 0 aliphatic carbocycles. The van der Waals surface area contributed by atoms with Crippen molar-refractivity contribution >= 4 is 11.0 Å². The molecule has 0 radical (unpaired) electrons. The molecule has 0 spiro atoms. The van der Waals surface area contributed by atoms with Crippen LogP contribution in [0.1, 0.15) is 31.0 Å². The Labute approximate surface area is 176 Å². The zero-order valence-corrected chi connectivity index (χ0v) is 17.4. The van der Waals surface area contributed by atoms with Gasteiger partial charge in [0, 0.05) is 30.8 Å². The van der Waals surface area contributed by atoms with Gasteiger partial charge in [-0.25, -0.2) is 9.97 Å². The van der Waals surface area contributed by atoms with Crippen LogP contribution in [0.3, 0.4) is 0 Å². The van der Waals surface area contributed by atoms with Gasteiger partial charge in [0.05, 0.1) is 30.2 Å². The van der Waals surface area contributed by atoms with Gasteiger partial charge in [-0.15, -0.1) is 0 Å².